The lowest BCUT2D eigenvalue weighted by Crippen LogP contribution is -2.40. The number of nitrogens with two attached hydrogens (primary N) is 1. The first-order chi connectivity index (χ1) is 10.6. The molecule has 6 heteroatoms. The molecule has 1 aliphatic carbocycles. The Bertz CT molecular complexity index is 565. The number of aromatic nitrogens is 2. The quantitative estimate of drug-likeness (QED) is 0.828. The van der Waals surface area contributed by atoms with E-state index in [-0.39, 0.29) is 18.0 Å². The zero-order valence-corrected chi connectivity index (χ0v) is 13.2. The van der Waals surface area contributed by atoms with Crippen LogP contribution in [-0.4, -0.2) is 46.2 Å². The standard InChI is InChI=1S/C16H25N5O/c1-20-10-15(19-11-20)13-8-21(9-14(13)17)16(22)18-7-12-5-3-2-4-6-12/h5,10-11,13-14H,2-4,6-9,17H2,1H3,(H,18,22)/t13-,14-/m1/s1. The molecule has 0 radical (unpaired) electrons. The molecule has 2 heterocycles. The number of aryl methyl sites for hydroxylation is 1. The van der Waals surface area contributed by atoms with Crippen LogP contribution in [0.25, 0.3) is 0 Å². The van der Waals surface area contributed by atoms with Crippen molar-refractivity contribution in [3.63, 3.8) is 0 Å². The van der Waals surface area contributed by atoms with Gasteiger partial charge in [0.2, 0.25) is 0 Å². The molecule has 2 atom stereocenters. The summed E-state index contributed by atoms with van der Waals surface area (Å²) in [5.41, 5.74) is 8.53. The van der Waals surface area contributed by atoms with Gasteiger partial charge in [-0.25, -0.2) is 9.78 Å². The number of hydrogen-bond acceptors (Lipinski definition) is 3. The van der Waals surface area contributed by atoms with Gasteiger partial charge in [-0.15, -0.1) is 0 Å². The molecule has 0 aromatic carbocycles. The highest BCUT2D eigenvalue weighted by molar-refractivity contribution is 5.75. The molecular formula is C16H25N5O. The van der Waals surface area contributed by atoms with Gasteiger partial charge in [0, 0.05) is 44.8 Å². The number of carbonyl (C=O) groups excluding carboxylic acids is 1. The van der Waals surface area contributed by atoms with Crippen LogP contribution < -0.4 is 11.1 Å². The topological polar surface area (TPSA) is 76.2 Å². The van der Waals surface area contributed by atoms with Gasteiger partial charge in [-0.2, -0.15) is 0 Å². The van der Waals surface area contributed by atoms with Crippen LogP contribution in [0.15, 0.2) is 24.2 Å². The molecule has 1 saturated heterocycles. The predicted octanol–water partition coefficient (Wildman–Crippen LogP) is 1.36. The molecule has 0 bridgehead atoms. The van der Waals surface area contributed by atoms with Gasteiger partial charge < -0.3 is 20.5 Å². The fourth-order valence-electron chi connectivity index (χ4n) is 3.30. The molecule has 2 aliphatic rings. The van der Waals surface area contributed by atoms with Crippen molar-refractivity contribution in [1.29, 1.82) is 0 Å². The van der Waals surface area contributed by atoms with Gasteiger partial charge >= 0.3 is 6.03 Å². The molecule has 1 aliphatic heterocycles. The highest BCUT2D eigenvalue weighted by Gasteiger charge is 2.35. The zero-order chi connectivity index (χ0) is 15.5. The lowest BCUT2D eigenvalue weighted by atomic mass is 10.00. The number of nitrogens with zero attached hydrogens (tertiary/aromatic N) is 3. The highest BCUT2D eigenvalue weighted by Crippen LogP contribution is 2.25. The Morgan fingerprint density at radius 3 is 3.00 bits per heavy atom. The van der Waals surface area contributed by atoms with Crippen molar-refractivity contribution in [3.8, 4) is 0 Å². The van der Waals surface area contributed by atoms with Gasteiger partial charge in [0.25, 0.3) is 0 Å². The van der Waals surface area contributed by atoms with E-state index in [4.69, 9.17) is 5.73 Å². The summed E-state index contributed by atoms with van der Waals surface area (Å²) >= 11 is 0. The first-order valence-electron chi connectivity index (χ1n) is 8.07. The number of amides is 2. The molecule has 3 rings (SSSR count). The number of likely N-dealkylation sites (tertiary alicyclic amines) is 1. The van der Waals surface area contributed by atoms with Crippen LogP contribution in [-0.2, 0) is 7.05 Å². The Hall–Kier alpha value is -1.82. The van der Waals surface area contributed by atoms with Crippen LogP contribution in [0, 0.1) is 0 Å². The van der Waals surface area contributed by atoms with E-state index in [1.54, 1.807) is 6.33 Å². The second-order valence-electron chi connectivity index (χ2n) is 6.41. The number of allylic oxidation sites excluding steroid dienone is 1. The van der Waals surface area contributed by atoms with Crippen molar-refractivity contribution in [2.45, 2.75) is 37.6 Å². The summed E-state index contributed by atoms with van der Waals surface area (Å²) in [6.07, 6.45) is 10.8. The maximum Gasteiger partial charge on any atom is 0.317 e. The van der Waals surface area contributed by atoms with E-state index in [2.05, 4.69) is 16.4 Å². The van der Waals surface area contributed by atoms with Crippen molar-refractivity contribution < 1.29 is 4.79 Å². The summed E-state index contributed by atoms with van der Waals surface area (Å²) in [5.74, 6) is 0.126. The largest absolute Gasteiger partial charge is 0.340 e. The Labute approximate surface area is 131 Å². The Morgan fingerprint density at radius 1 is 1.45 bits per heavy atom. The number of imidazole rings is 1. The molecule has 2 amide bonds. The van der Waals surface area contributed by atoms with Gasteiger partial charge in [0.15, 0.2) is 0 Å². The lowest BCUT2D eigenvalue weighted by Gasteiger charge is -2.19. The molecule has 22 heavy (non-hydrogen) atoms. The summed E-state index contributed by atoms with van der Waals surface area (Å²) in [7, 11) is 1.94. The van der Waals surface area contributed by atoms with E-state index in [0.717, 1.165) is 18.5 Å². The predicted molar refractivity (Wildman–Crippen MR) is 85.4 cm³/mol. The SMILES string of the molecule is Cn1cnc([C@@H]2CN(C(=O)NCC3=CCCCC3)C[C@H]2N)c1. The van der Waals surface area contributed by atoms with Gasteiger partial charge in [0.1, 0.15) is 0 Å². The molecule has 3 N–H and O–H groups in total. The average Bonchev–Trinajstić information content (AvgIpc) is 3.11. The molecule has 6 nitrogen and oxygen atoms in total. The van der Waals surface area contributed by atoms with Crippen molar-refractivity contribution in [2.24, 2.45) is 12.8 Å². The third kappa shape index (κ3) is 3.32. The summed E-state index contributed by atoms with van der Waals surface area (Å²) < 4.78 is 1.92. The van der Waals surface area contributed by atoms with Gasteiger partial charge in [-0.3, -0.25) is 0 Å². The van der Waals surface area contributed by atoms with E-state index in [0.29, 0.717) is 19.6 Å². The number of rotatable bonds is 3. The van der Waals surface area contributed by atoms with E-state index >= 15 is 0 Å². The Morgan fingerprint density at radius 2 is 2.32 bits per heavy atom. The minimum atomic E-state index is -0.0467. The van der Waals surface area contributed by atoms with Crippen LogP contribution in [0.5, 0.6) is 0 Å². The highest BCUT2D eigenvalue weighted by atomic mass is 16.2. The lowest BCUT2D eigenvalue weighted by molar-refractivity contribution is 0.208. The molecule has 120 valence electrons. The maximum atomic E-state index is 12.3. The third-order valence-corrected chi connectivity index (χ3v) is 4.61. The number of carbonyl (C=O) groups is 1. The van der Waals surface area contributed by atoms with Crippen LogP contribution in [0.4, 0.5) is 4.79 Å². The molecule has 1 aromatic heterocycles. The average molecular weight is 303 g/mol. The van der Waals surface area contributed by atoms with E-state index in [1.807, 2.05) is 22.7 Å². The fourth-order valence-corrected chi connectivity index (χ4v) is 3.30. The molecule has 1 fully saturated rings. The number of hydrogen-bond donors (Lipinski definition) is 2. The molecule has 1 aromatic rings. The monoisotopic (exact) mass is 303 g/mol. The van der Waals surface area contributed by atoms with Crippen molar-refractivity contribution in [3.05, 3.63) is 29.9 Å². The molecular weight excluding hydrogens is 278 g/mol. The summed E-state index contributed by atoms with van der Waals surface area (Å²) in [6.45, 7) is 1.90. The fraction of sp³-hybridized carbons (Fsp3) is 0.625. The van der Waals surface area contributed by atoms with Crippen molar-refractivity contribution in [1.82, 2.24) is 19.8 Å². The van der Waals surface area contributed by atoms with Crippen LogP contribution in [0.2, 0.25) is 0 Å². The normalized spacial score (nSPS) is 25.2. The van der Waals surface area contributed by atoms with Crippen molar-refractivity contribution >= 4 is 6.03 Å². The third-order valence-electron chi connectivity index (χ3n) is 4.61. The maximum absolute atomic E-state index is 12.3. The molecule has 0 unspecified atom stereocenters. The van der Waals surface area contributed by atoms with Gasteiger partial charge in [-0.05, 0) is 25.7 Å². The van der Waals surface area contributed by atoms with E-state index in [1.165, 1.54) is 18.4 Å². The number of nitrogens with one attached hydrogen (secondary N) is 1. The summed E-state index contributed by atoms with van der Waals surface area (Å²) in [5, 5.41) is 3.03. The van der Waals surface area contributed by atoms with Gasteiger partial charge in [-0.1, -0.05) is 11.6 Å². The smallest absolute Gasteiger partial charge is 0.317 e. The second-order valence-corrected chi connectivity index (χ2v) is 6.41. The van der Waals surface area contributed by atoms with Crippen LogP contribution in [0.3, 0.4) is 0 Å². The van der Waals surface area contributed by atoms with E-state index in [9.17, 15) is 4.79 Å². The van der Waals surface area contributed by atoms with E-state index < -0.39 is 0 Å². The first kappa shape index (κ1) is 15.1. The Balaban J connectivity index is 1.54. The van der Waals surface area contributed by atoms with Crippen LogP contribution in [0.1, 0.15) is 37.3 Å². The van der Waals surface area contributed by atoms with Crippen LogP contribution >= 0.6 is 0 Å². The zero-order valence-electron chi connectivity index (χ0n) is 13.2. The summed E-state index contributed by atoms with van der Waals surface area (Å²) in [6, 6.07) is -0.0603. The summed E-state index contributed by atoms with van der Waals surface area (Å²) in [4.78, 5) is 18.5. The minimum absolute atomic E-state index is 0.0136. The Kier molecular flexibility index (Phi) is 4.47. The van der Waals surface area contributed by atoms with Gasteiger partial charge in [0.05, 0.1) is 12.0 Å². The van der Waals surface area contributed by atoms with Crippen molar-refractivity contribution in [2.75, 3.05) is 19.6 Å². The number of urea groups is 1. The minimum Gasteiger partial charge on any atom is -0.340 e. The molecule has 0 spiro atoms. The molecule has 0 saturated carbocycles. The first-order valence-corrected chi connectivity index (χ1v) is 8.07. The second kappa shape index (κ2) is 6.52.